The van der Waals surface area contributed by atoms with Crippen molar-refractivity contribution in [2.45, 2.75) is 39.3 Å². The first kappa shape index (κ1) is 19.4. The minimum absolute atomic E-state index is 0.127. The van der Waals surface area contributed by atoms with Crippen LogP contribution in [-0.2, 0) is 16.2 Å². The lowest BCUT2D eigenvalue weighted by Gasteiger charge is -2.26. The Morgan fingerprint density at radius 3 is 2.70 bits per heavy atom. The van der Waals surface area contributed by atoms with Gasteiger partial charge in [-0.1, -0.05) is 73.1 Å². The molecule has 0 aliphatic carbocycles. The summed E-state index contributed by atoms with van der Waals surface area (Å²) in [5.74, 6) is 0.432. The first-order valence-corrected chi connectivity index (χ1v) is 9.69. The number of hydrogen-bond donors (Lipinski definition) is 0. The molecule has 1 atom stereocenters. The molecule has 142 valence electrons. The van der Waals surface area contributed by atoms with E-state index < -0.39 is 0 Å². The van der Waals surface area contributed by atoms with Crippen LogP contribution in [0.4, 0.5) is 0 Å². The largest absolute Gasteiger partial charge is 0.390 e. The Morgan fingerprint density at radius 1 is 1.22 bits per heavy atom. The molecule has 0 saturated heterocycles. The number of carbonyl (C=O) groups excluding carboxylic acids is 1. The predicted octanol–water partition coefficient (Wildman–Crippen LogP) is 4.91. The van der Waals surface area contributed by atoms with E-state index in [2.05, 4.69) is 19.0 Å². The van der Waals surface area contributed by atoms with Gasteiger partial charge in [0.15, 0.2) is 6.10 Å². The van der Waals surface area contributed by atoms with E-state index >= 15 is 0 Å². The number of oxime groups is 1. The SMILES string of the molecule is CC(C)CC(=O)N(Cc1cccc(Cl)c1)CC1CC(c2ccccc2)=NO1. The van der Waals surface area contributed by atoms with Gasteiger partial charge < -0.3 is 9.74 Å². The van der Waals surface area contributed by atoms with Crippen LogP contribution in [0.25, 0.3) is 0 Å². The molecule has 0 radical (unpaired) electrons. The molecule has 4 nitrogen and oxygen atoms in total. The van der Waals surface area contributed by atoms with E-state index in [0.717, 1.165) is 16.8 Å². The van der Waals surface area contributed by atoms with Crippen molar-refractivity contribution in [3.8, 4) is 0 Å². The predicted molar refractivity (Wildman–Crippen MR) is 109 cm³/mol. The minimum atomic E-state index is -0.129. The van der Waals surface area contributed by atoms with E-state index in [9.17, 15) is 4.79 Å². The standard InChI is InChI=1S/C22H25ClN2O2/c1-16(2)11-22(26)25(14-17-7-6-10-19(23)12-17)15-20-13-21(24-27-20)18-8-4-3-5-9-18/h3-10,12,16,20H,11,13-15H2,1-2H3. The lowest BCUT2D eigenvalue weighted by molar-refractivity contribution is -0.134. The van der Waals surface area contributed by atoms with Gasteiger partial charge >= 0.3 is 0 Å². The molecule has 0 spiro atoms. The summed E-state index contributed by atoms with van der Waals surface area (Å²) in [6.07, 6.45) is 1.08. The fourth-order valence-electron chi connectivity index (χ4n) is 3.16. The molecular weight excluding hydrogens is 360 g/mol. The maximum absolute atomic E-state index is 12.8. The van der Waals surface area contributed by atoms with Crippen molar-refractivity contribution < 1.29 is 9.63 Å². The van der Waals surface area contributed by atoms with Crippen LogP contribution in [0.15, 0.2) is 59.8 Å². The first-order valence-electron chi connectivity index (χ1n) is 9.31. The third-order valence-corrected chi connectivity index (χ3v) is 4.70. The quantitative estimate of drug-likeness (QED) is 0.680. The Morgan fingerprint density at radius 2 is 2.00 bits per heavy atom. The van der Waals surface area contributed by atoms with E-state index in [1.165, 1.54) is 0 Å². The Kier molecular flexibility index (Phi) is 6.51. The number of halogens is 1. The van der Waals surface area contributed by atoms with Crippen molar-refractivity contribution in [2.75, 3.05) is 6.54 Å². The molecule has 3 rings (SSSR count). The molecule has 1 unspecified atom stereocenters. The normalized spacial score (nSPS) is 16.1. The highest BCUT2D eigenvalue weighted by Crippen LogP contribution is 2.20. The molecule has 0 aromatic heterocycles. The topological polar surface area (TPSA) is 41.9 Å². The summed E-state index contributed by atoms with van der Waals surface area (Å²) < 4.78 is 0. The highest BCUT2D eigenvalue weighted by Gasteiger charge is 2.27. The summed E-state index contributed by atoms with van der Waals surface area (Å²) in [6.45, 7) is 5.14. The summed E-state index contributed by atoms with van der Waals surface area (Å²) in [4.78, 5) is 20.3. The zero-order valence-electron chi connectivity index (χ0n) is 15.8. The molecule has 0 bridgehead atoms. The molecule has 0 N–H and O–H groups in total. The van der Waals surface area contributed by atoms with Gasteiger partial charge in [0.2, 0.25) is 5.91 Å². The van der Waals surface area contributed by atoms with Crippen LogP contribution in [0.1, 0.15) is 37.8 Å². The van der Waals surface area contributed by atoms with E-state index in [4.69, 9.17) is 16.4 Å². The van der Waals surface area contributed by atoms with E-state index in [-0.39, 0.29) is 12.0 Å². The van der Waals surface area contributed by atoms with Crippen LogP contribution in [0.3, 0.4) is 0 Å². The molecule has 1 heterocycles. The smallest absolute Gasteiger partial charge is 0.223 e. The van der Waals surface area contributed by atoms with Gasteiger partial charge in [0.25, 0.3) is 0 Å². The molecule has 2 aromatic carbocycles. The summed E-state index contributed by atoms with van der Waals surface area (Å²) in [7, 11) is 0. The van der Waals surface area contributed by atoms with E-state index in [1.54, 1.807) is 0 Å². The first-order chi connectivity index (χ1) is 13.0. The number of rotatable bonds is 7. The van der Waals surface area contributed by atoms with Gasteiger partial charge in [0.05, 0.1) is 12.3 Å². The second-order valence-electron chi connectivity index (χ2n) is 7.34. The number of hydrogen-bond acceptors (Lipinski definition) is 3. The van der Waals surface area contributed by atoms with Gasteiger partial charge in [0.1, 0.15) is 0 Å². The molecule has 1 aliphatic heterocycles. The molecule has 1 amide bonds. The molecule has 0 fully saturated rings. The molecule has 2 aromatic rings. The van der Waals surface area contributed by atoms with Crippen LogP contribution in [0.5, 0.6) is 0 Å². The maximum atomic E-state index is 12.8. The van der Waals surface area contributed by atoms with Crippen LogP contribution in [0, 0.1) is 5.92 Å². The van der Waals surface area contributed by atoms with Crippen molar-refractivity contribution in [1.82, 2.24) is 4.90 Å². The third kappa shape index (κ3) is 5.57. The molecule has 27 heavy (non-hydrogen) atoms. The van der Waals surface area contributed by atoms with Crippen molar-refractivity contribution in [3.63, 3.8) is 0 Å². The average Bonchev–Trinajstić information content (AvgIpc) is 3.10. The lowest BCUT2D eigenvalue weighted by atomic mass is 10.0. The van der Waals surface area contributed by atoms with Crippen molar-refractivity contribution >= 4 is 23.2 Å². The Bertz CT molecular complexity index is 805. The van der Waals surface area contributed by atoms with Crippen molar-refractivity contribution in [3.05, 3.63) is 70.7 Å². The van der Waals surface area contributed by atoms with Crippen LogP contribution in [0.2, 0.25) is 5.02 Å². The van der Waals surface area contributed by atoms with Gasteiger partial charge in [-0.2, -0.15) is 0 Å². The molecule has 0 saturated carbocycles. The Labute approximate surface area is 165 Å². The summed E-state index contributed by atoms with van der Waals surface area (Å²) in [6, 6.07) is 17.6. The van der Waals surface area contributed by atoms with Gasteiger partial charge in [-0.25, -0.2) is 0 Å². The minimum Gasteiger partial charge on any atom is -0.390 e. The fourth-order valence-corrected chi connectivity index (χ4v) is 3.37. The van der Waals surface area contributed by atoms with Gasteiger partial charge in [-0.15, -0.1) is 0 Å². The van der Waals surface area contributed by atoms with Crippen LogP contribution < -0.4 is 0 Å². The second-order valence-corrected chi connectivity index (χ2v) is 7.77. The Balaban J connectivity index is 1.67. The number of amides is 1. The maximum Gasteiger partial charge on any atom is 0.223 e. The molecule has 1 aliphatic rings. The fraction of sp³-hybridized carbons (Fsp3) is 0.364. The van der Waals surface area contributed by atoms with Crippen LogP contribution >= 0.6 is 11.6 Å². The number of benzene rings is 2. The summed E-state index contributed by atoms with van der Waals surface area (Å²) in [5, 5.41) is 4.92. The van der Waals surface area contributed by atoms with Crippen molar-refractivity contribution in [2.24, 2.45) is 11.1 Å². The second kappa shape index (κ2) is 9.05. The molecular formula is C22H25ClN2O2. The number of nitrogens with zero attached hydrogens (tertiary/aromatic N) is 2. The van der Waals surface area contributed by atoms with E-state index in [0.29, 0.717) is 36.9 Å². The highest BCUT2D eigenvalue weighted by atomic mass is 35.5. The zero-order chi connectivity index (χ0) is 19.2. The monoisotopic (exact) mass is 384 g/mol. The van der Waals surface area contributed by atoms with Gasteiger partial charge in [0, 0.05) is 24.4 Å². The number of carbonyl (C=O) groups is 1. The average molecular weight is 385 g/mol. The van der Waals surface area contributed by atoms with Crippen molar-refractivity contribution in [1.29, 1.82) is 0 Å². The summed E-state index contributed by atoms with van der Waals surface area (Å²) >= 11 is 6.10. The molecule has 5 heteroatoms. The third-order valence-electron chi connectivity index (χ3n) is 4.46. The summed E-state index contributed by atoms with van der Waals surface area (Å²) in [5.41, 5.74) is 3.01. The zero-order valence-corrected chi connectivity index (χ0v) is 16.5. The Hall–Kier alpha value is -2.33. The van der Waals surface area contributed by atoms with Gasteiger partial charge in [-0.3, -0.25) is 4.79 Å². The van der Waals surface area contributed by atoms with E-state index in [1.807, 2.05) is 59.5 Å². The lowest BCUT2D eigenvalue weighted by Crippen LogP contribution is -2.37. The van der Waals surface area contributed by atoms with Gasteiger partial charge in [-0.05, 0) is 29.2 Å². The highest BCUT2D eigenvalue weighted by molar-refractivity contribution is 6.30. The van der Waals surface area contributed by atoms with Crippen LogP contribution in [-0.4, -0.2) is 29.2 Å².